The van der Waals surface area contributed by atoms with E-state index in [1.807, 2.05) is 6.07 Å². The molecule has 3 heteroatoms. The highest BCUT2D eigenvalue weighted by molar-refractivity contribution is 5.19. The van der Waals surface area contributed by atoms with Crippen LogP contribution in [0.15, 0.2) is 24.3 Å². The first kappa shape index (κ1) is 9.62. The molecule has 0 amide bonds. The van der Waals surface area contributed by atoms with Crippen LogP contribution < -0.4 is 5.32 Å². The van der Waals surface area contributed by atoms with Gasteiger partial charge in [-0.05, 0) is 24.6 Å². The minimum absolute atomic E-state index is 0.0121. The van der Waals surface area contributed by atoms with Crippen molar-refractivity contribution in [2.45, 2.75) is 19.1 Å². The molecule has 0 radical (unpaired) electrons. The van der Waals surface area contributed by atoms with Crippen LogP contribution in [0.2, 0.25) is 0 Å². The zero-order valence-corrected chi connectivity index (χ0v) is 8.16. The Kier molecular flexibility index (Phi) is 2.79. The van der Waals surface area contributed by atoms with Crippen molar-refractivity contribution in [2.75, 3.05) is 13.2 Å². The molecule has 2 rings (SSSR count). The van der Waals surface area contributed by atoms with Gasteiger partial charge < -0.3 is 10.1 Å². The average molecular weight is 195 g/mol. The molecule has 0 bridgehead atoms. The molecule has 76 valence electrons. The van der Waals surface area contributed by atoms with Gasteiger partial charge >= 0.3 is 0 Å². The summed E-state index contributed by atoms with van der Waals surface area (Å²) in [5.41, 5.74) is 0.907. The smallest absolute Gasteiger partial charge is 0.123 e. The third-order valence-corrected chi connectivity index (χ3v) is 2.42. The van der Waals surface area contributed by atoms with Gasteiger partial charge in [-0.3, -0.25) is 0 Å². The number of ether oxygens (including phenoxy) is 1. The van der Waals surface area contributed by atoms with Gasteiger partial charge in [-0.25, -0.2) is 4.39 Å². The predicted molar refractivity (Wildman–Crippen MR) is 52.6 cm³/mol. The van der Waals surface area contributed by atoms with Gasteiger partial charge in [0.2, 0.25) is 0 Å². The molecule has 1 aliphatic rings. The first-order chi connectivity index (χ1) is 6.75. The second-order valence-corrected chi connectivity index (χ2v) is 3.69. The molecule has 0 spiro atoms. The fraction of sp³-hybridized carbons (Fsp3) is 0.455. The molecule has 1 aromatic carbocycles. The van der Waals surface area contributed by atoms with Gasteiger partial charge in [-0.15, -0.1) is 0 Å². The highest BCUT2D eigenvalue weighted by atomic mass is 19.1. The van der Waals surface area contributed by atoms with Gasteiger partial charge in [-0.2, -0.15) is 0 Å². The Labute approximate surface area is 83.1 Å². The Bertz CT molecular complexity index is 308. The Balaban J connectivity index is 2.08. The van der Waals surface area contributed by atoms with Gasteiger partial charge in [0.1, 0.15) is 5.82 Å². The van der Waals surface area contributed by atoms with Crippen LogP contribution in [0.5, 0.6) is 0 Å². The van der Waals surface area contributed by atoms with E-state index in [4.69, 9.17) is 4.74 Å². The molecule has 2 atom stereocenters. The number of hydrogen-bond acceptors (Lipinski definition) is 2. The van der Waals surface area contributed by atoms with E-state index < -0.39 is 0 Å². The Morgan fingerprint density at radius 3 is 3.00 bits per heavy atom. The van der Waals surface area contributed by atoms with Crippen molar-refractivity contribution in [2.24, 2.45) is 0 Å². The van der Waals surface area contributed by atoms with Crippen LogP contribution in [-0.2, 0) is 4.74 Å². The number of benzene rings is 1. The van der Waals surface area contributed by atoms with Crippen molar-refractivity contribution >= 4 is 0 Å². The Morgan fingerprint density at radius 2 is 2.36 bits per heavy atom. The summed E-state index contributed by atoms with van der Waals surface area (Å²) in [6.07, 6.45) is -0.0121. The number of morpholine rings is 1. The lowest BCUT2D eigenvalue weighted by atomic mass is 10.1. The number of rotatable bonds is 1. The lowest BCUT2D eigenvalue weighted by molar-refractivity contribution is 0.00680. The molecule has 1 fully saturated rings. The van der Waals surface area contributed by atoms with Crippen LogP contribution in [0.3, 0.4) is 0 Å². The second-order valence-electron chi connectivity index (χ2n) is 3.69. The molecule has 1 aliphatic heterocycles. The first-order valence-electron chi connectivity index (χ1n) is 4.86. The molecule has 14 heavy (non-hydrogen) atoms. The van der Waals surface area contributed by atoms with Crippen molar-refractivity contribution in [3.05, 3.63) is 35.6 Å². The van der Waals surface area contributed by atoms with Crippen LogP contribution in [-0.4, -0.2) is 19.2 Å². The van der Waals surface area contributed by atoms with Crippen LogP contribution in [0.25, 0.3) is 0 Å². The molecule has 2 nitrogen and oxygen atoms in total. The van der Waals surface area contributed by atoms with E-state index in [0.717, 1.165) is 12.1 Å². The molecular formula is C11H14FNO. The monoisotopic (exact) mass is 195 g/mol. The largest absolute Gasteiger partial charge is 0.371 e. The van der Waals surface area contributed by atoms with E-state index in [9.17, 15) is 4.39 Å². The van der Waals surface area contributed by atoms with E-state index in [0.29, 0.717) is 12.6 Å². The molecule has 1 heterocycles. The summed E-state index contributed by atoms with van der Waals surface area (Å²) in [5, 5.41) is 3.30. The summed E-state index contributed by atoms with van der Waals surface area (Å²) in [6, 6.07) is 6.97. The van der Waals surface area contributed by atoms with Crippen LogP contribution >= 0.6 is 0 Å². The van der Waals surface area contributed by atoms with Crippen molar-refractivity contribution < 1.29 is 9.13 Å². The second kappa shape index (κ2) is 4.07. The lowest BCUT2D eigenvalue weighted by Crippen LogP contribution is -2.40. The van der Waals surface area contributed by atoms with Crippen molar-refractivity contribution in [1.29, 1.82) is 0 Å². The molecule has 0 unspecified atom stereocenters. The van der Waals surface area contributed by atoms with Gasteiger partial charge in [0.25, 0.3) is 0 Å². The summed E-state index contributed by atoms with van der Waals surface area (Å²) in [4.78, 5) is 0. The Morgan fingerprint density at radius 1 is 1.50 bits per heavy atom. The fourth-order valence-electron chi connectivity index (χ4n) is 1.61. The third-order valence-electron chi connectivity index (χ3n) is 2.42. The van der Waals surface area contributed by atoms with Crippen LogP contribution in [0.4, 0.5) is 4.39 Å². The van der Waals surface area contributed by atoms with E-state index in [1.54, 1.807) is 6.07 Å². The van der Waals surface area contributed by atoms with Crippen molar-refractivity contribution in [3.63, 3.8) is 0 Å². The summed E-state index contributed by atoms with van der Waals surface area (Å²) >= 11 is 0. The molecule has 1 aromatic rings. The van der Waals surface area contributed by atoms with Gasteiger partial charge in [0.15, 0.2) is 0 Å². The molecule has 1 N–H and O–H groups in total. The maximum atomic E-state index is 12.9. The number of nitrogens with one attached hydrogen (secondary N) is 1. The van der Waals surface area contributed by atoms with E-state index >= 15 is 0 Å². The zero-order valence-electron chi connectivity index (χ0n) is 8.16. The molecular weight excluding hydrogens is 181 g/mol. The van der Waals surface area contributed by atoms with Gasteiger partial charge in [0, 0.05) is 12.6 Å². The first-order valence-corrected chi connectivity index (χ1v) is 4.86. The molecule has 0 saturated carbocycles. The summed E-state index contributed by atoms with van der Waals surface area (Å²) in [7, 11) is 0. The van der Waals surface area contributed by atoms with Crippen LogP contribution in [0.1, 0.15) is 18.6 Å². The zero-order chi connectivity index (χ0) is 9.97. The normalized spacial score (nSPS) is 27.6. The van der Waals surface area contributed by atoms with E-state index in [-0.39, 0.29) is 11.9 Å². The quantitative estimate of drug-likeness (QED) is 0.738. The topological polar surface area (TPSA) is 21.3 Å². The van der Waals surface area contributed by atoms with E-state index in [1.165, 1.54) is 12.1 Å². The Hall–Kier alpha value is -0.930. The fourth-order valence-corrected chi connectivity index (χ4v) is 1.61. The SMILES string of the molecule is C[C@@H]1CO[C@@H](c2cccc(F)c2)CN1. The minimum atomic E-state index is -0.204. The molecule has 1 saturated heterocycles. The van der Waals surface area contributed by atoms with E-state index in [2.05, 4.69) is 12.2 Å². The maximum Gasteiger partial charge on any atom is 0.123 e. The summed E-state index contributed by atoms with van der Waals surface area (Å²) < 4.78 is 18.5. The summed E-state index contributed by atoms with van der Waals surface area (Å²) in [5.74, 6) is -0.204. The summed E-state index contributed by atoms with van der Waals surface area (Å²) in [6.45, 7) is 3.51. The maximum absolute atomic E-state index is 12.9. The number of halogens is 1. The van der Waals surface area contributed by atoms with Crippen LogP contribution in [0, 0.1) is 5.82 Å². The highest BCUT2D eigenvalue weighted by Crippen LogP contribution is 2.20. The minimum Gasteiger partial charge on any atom is -0.371 e. The highest BCUT2D eigenvalue weighted by Gasteiger charge is 2.19. The van der Waals surface area contributed by atoms with Gasteiger partial charge in [0.05, 0.1) is 12.7 Å². The average Bonchev–Trinajstić information content (AvgIpc) is 2.19. The van der Waals surface area contributed by atoms with Crippen molar-refractivity contribution in [1.82, 2.24) is 5.32 Å². The standard InChI is InChI=1S/C11H14FNO/c1-8-7-14-11(6-13-8)9-3-2-4-10(12)5-9/h2-5,8,11,13H,6-7H2,1H3/t8-,11-/m1/s1. The molecule has 0 aromatic heterocycles. The third kappa shape index (κ3) is 2.11. The van der Waals surface area contributed by atoms with Crippen molar-refractivity contribution in [3.8, 4) is 0 Å². The lowest BCUT2D eigenvalue weighted by Gasteiger charge is -2.28. The predicted octanol–water partition coefficient (Wildman–Crippen LogP) is 1.88. The van der Waals surface area contributed by atoms with Gasteiger partial charge in [-0.1, -0.05) is 12.1 Å². The number of hydrogen-bond donors (Lipinski definition) is 1. The molecule has 0 aliphatic carbocycles.